The summed E-state index contributed by atoms with van der Waals surface area (Å²) in [5.41, 5.74) is 0.824. The first-order valence-corrected chi connectivity index (χ1v) is 13.2. The van der Waals surface area contributed by atoms with Crippen LogP contribution in [0.1, 0.15) is 36.0 Å². The average Bonchev–Trinajstić information content (AvgIpc) is 3.37. The van der Waals surface area contributed by atoms with E-state index in [2.05, 4.69) is 10.6 Å². The molecule has 182 valence electrons. The summed E-state index contributed by atoms with van der Waals surface area (Å²) in [4.78, 5) is 25.8. The molecule has 1 atom stereocenters. The first-order chi connectivity index (χ1) is 16.3. The number of amides is 2. The summed E-state index contributed by atoms with van der Waals surface area (Å²) in [6, 6.07) is 12.9. The highest BCUT2D eigenvalue weighted by Gasteiger charge is 2.32. The van der Waals surface area contributed by atoms with Crippen LogP contribution < -0.4 is 10.6 Å². The molecule has 2 aromatic rings. The highest BCUT2D eigenvalue weighted by atomic mass is 35.5. The molecule has 10 heteroatoms. The van der Waals surface area contributed by atoms with Gasteiger partial charge >= 0.3 is 0 Å². The molecule has 0 radical (unpaired) electrons. The van der Waals surface area contributed by atoms with Gasteiger partial charge < -0.3 is 15.4 Å². The third-order valence-corrected chi connectivity index (χ3v) is 8.38. The van der Waals surface area contributed by atoms with Crippen LogP contribution in [-0.2, 0) is 19.6 Å². The van der Waals surface area contributed by atoms with E-state index >= 15 is 0 Å². The minimum absolute atomic E-state index is 0.0278. The standard InChI is InChI=1S/C24H28ClN3O5S/c25-18-7-9-20(10-8-18)34(31,32)28-13-11-17(12-14-28)23(29)27-22-6-2-1-5-21(22)24(30)26-16-19-4-3-15-33-19/h1-2,5-10,17,19H,3-4,11-16H2,(H,26,30)(H,27,29). The second-order valence-electron chi connectivity index (χ2n) is 8.51. The Bertz CT molecular complexity index is 1130. The van der Waals surface area contributed by atoms with E-state index in [1.165, 1.54) is 16.4 Å². The van der Waals surface area contributed by atoms with Gasteiger partial charge in [0.25, 0.3) is 5.91 Å². The summed E-state index contributed by atoms with van der Waals surface area (Å²) in [6.45, 7) is 1.63. The van der Waals surface area contributed by atoms with Crippen molar-refractivity contribution >= 4 is 39.1 Å². The number of halogens is 1. The van der Waals surface area contributed by atoms with Gasteiger partial charge in [-0.3, -0.25) is 9.59 Å². The monoisotopic (exact) mass is 505 g/mol. The molecule has 0 saturated carbocycles. The maximum Gasteiger partial charge on any atom is 0.253 e. The smallest absolute Gasteiger partial charge is 0.253 e. The number of hydrogen-bond donors (Lipinski definition) is 2. The number of nitrogens with zero attached hydrogens (tertiary/aromatic N) is 1. The number of ether oxygens (including phenoxy) is 1. The van der Waals surface area contributed by atoms with Crippen molar-refractivity contribution in [3.8, 4) is 0 Å². The number of para-hydroxylation sites is 1. The Labute approximate surface area is 204 Å². The number of anilines is 1. The third kappa shape index (κ3) is 5.78. The van der Waals surface area contributed by atoms with E-state index in [-0.39, 0.29) is 41.8 Å². The van der Waals surface area contributed by atoms with Crippen LogP contribution in [0.15, 0.2) is 53.4 Å². The molecule has 1 unspecified atom stereocenters. The molecule has 0 spiro atoms. The average molecular weight is 506 g/mol. The molecule has 34 heavy (non-hydrogen) atoms. The molecule has 4 rings (SSSR count). The number of hydrogen-bond acceptors (Lipinski definition) is 5. The predicted octanol–water partition coefficient (Wildman–Crippen LogP) is 3.29. The largest absolute Gasteiger partial charge is 0.376 e. The molecule has 0 bridgehead atoms. The van der Waals surface area contributed by atoms with Crippen LogP contribution in [-0.4, -0.2) is 56.9 Å². The maximum absolute atomic E-state index is 12.9. The molecule has 2 aliphatic heterocycles. The number of rotatable bonds is 7. The predicted molar refractivity (Wildman–Crippen MR) is 129 cm³/mol. The van der Waals surface area contributed by atoms with Crippen LogP contribution in [0.5, 0.6) is 0 Å². The van der Waals surface area contributed by atoms with E-state index in [0.717, 1.165) is 12.8 Å². The van der Waals surface area contributed by atoms with Crippen molar-refractivity contribution in [1.82, 2.24) is 9.62 Å². The lowest BCUT2D eigenvalue weighted by atomic mass is 9.97. The second kappa shape index (κ2) is 10.9. The van der Waals surface area contributed by atoms with Crippen LogP contribution in [0.2, 0.25) is 5.02 Å². The van der Waals surface area contributed by atoms with Crippen molar-refractivity contribution in [2.24, 2.45) is 5.92 Å². The molecule has 2 heterocycles. The van der Waals surface area contributed by atoms with Gasteiger partial charge in [0.1, 0.15) is 0 Å². The quantitative estimate of drug-likeness (QED) is 0.600. The first kappa shape index (κ1) is 24.7. The van der Waals surface area contributed by atoms with Gasteiger partial charge in [0, 0.05) is 37.2 Å². The van der Waals surface area contributed by atoms with Crippen molar-refractivity contribution < 1.29 is 22.7 Å². The Morgan fingerprint density at radius 3 is 2.41 bits per heavy atom. The topological polar surface area (TPSA) is 105 Å². The Morgan fingerprint density at radius 1 is 1.03 bits per heavy atom. The van der Waals surface area contributed by atoms with E-state index in [1.807, 2.05) is 0 Å². The Kier molecular flexibility index (Phi) is 7.88. The van der Waals surface area contributed by atoms with E-state index in [4.69, 9.17) is 16.3 Å². The van der Waals surface area contributed by atoms with Crippen LogP contribution in [0.3, 0.4) is 0 Å². The molecule has 2 aliphatic rings. The Hall–Kier alpha value is -2.46. The van der Waals surface area contributed by atoms with Crippen molar-refractivity contribution in [1.29, 1.82) is 0 Å². The van der Waals surface area contributed by atoms with Crippen molar-refractivity contribution in [3.05, 3.63) is 59.1 Å². The summed E-state index contributed by atoms with van der Waals surface area (Å²) < 4.78 is 32.7. The lowest BCUT2D eigenvalue weighted by molar-refractivity contribution is -0.120. The zero-order chi connectivity index (χ0) is 24.1. The summed E-state index contributed by atoms with van der Waals surface area (Å²) in [6.07, 6.45) is 2.73. The van der Waals surface area contributed by atoms with Gasteiger partial charge in [0.05, 0.1) is 22.3 Å². The van der Waals surface area contributed by atoms with Gasteiger partial charge in [-0.2, -0.15) is 4.31 Å². The van der Waals surface area contributed by atoms with E-state index in [1.54, 1.807) is 36.4 Å². The number of benzene rings is 2. The highest BCUT2D eigenvalue weighted by molar-refractivity contribution is 7.89. The molecule has 0 aromatic heterocycles. The second-order valence-corrected chi connectivity index (χ2v) is 10.9. The van der Waals surface area contributed by atoms with E-state index in [9.17, 15) is 18.0 Å². The fourth-order valence-electron chi connectivity index (χ4n) is 4.25. The first-order valence-electron chi connectivity index (χ1n) is 11.4. The molecular weight excluding hydrogens is 478 g/mol. The lowest BCUT2D eigenvalue weighted by Crippen LogP contribution is -2.41. The van der Waals surface area contributed by atoms with Gasteiger partial charge in [-0.05, 0) is 62.1 Å². The van der Waals surface area contributed by atoms with E-state index in [0.29, 0.717) is 42.3 Å². The molecule has 2 amide bonds. The zero-order valence-corrected chi connectivity index (χ0v) is 20.3. The molecule has 0 aliphatic carbocycles. The normalized spacial score (nSPS) is 19.6. The molecule has 2 N–H and O–H groups in total. The van der Waals surface area contributed by atoms with Crippen LogP contribution in [0, 0.1) is 5.92 Å². The number of nitrogens with one attached hydrogen (secondary N) is 2. The van der Waals surface area contributed by atoms with Crippen LogP contribution in [0.25, 0.3) is 0 Å². The van der Waals surface area contributed by atoms with E-state index < -0.39 is 10.0 Å². The van der Waals surface area contributed by atoms with Crippen molar-refractivity contribution in [2.45, 2.75) is 36.7 Å². The van der Waals surface area contributed by atoms with Gasteiger partial charge in [-0.1, -0.05) is 23.7 Å². The van der Waals surface area contributed by atoms with Crippen molar-refractivity contribution in [3.63, 3.8) is 0 Å². The van der Waals surface area contributed by atoms with Crippen LogP contribution >= 0.6 is 11.6 Å². The summed E-state index contributed by atoms with van der Waals surface area (Å²) in [5, 5.41) is 6.21. The minimum Gasteiger partial charge on any atom is -0.376 e. The van der Waals surface area contributed by atoms with Gasteiger partial charge in [-0.15, -0.1) is 0 Å². The SMILES string of the molecule is O=C(NCC1CCCO1)c1ccccc1NC(=O)C1CCN(S(=O)(=O)c2ccc(Cl)cc2)CC1. The summed E-state index contributed by atoms with van der Waals surface area (Å²) in [7, 11) is -3.64. The fraction of sp³-hybridized carbons (Fsp3) is 0.417. The minimum atomic E-state index is -3.64. The van der Waals surface area contributed by atoms with Crippen LogP contribution in [0.4, 0.5) is 5.69 Å². The summed E-state index contributed by atoms with van der Waals surface area (Å²) in [5.74, 6) is -0.835. The maximum atomic E-state index is 12.9. The Balaban J connectivity index is 1.34. The van der Waals surface area contributed by atoms with Gasteiger partial charge in [-0.25, -0.2) is 8.42 Å². The van der Waals surface area contributed by atoms with Gasteiger partial charge in [0.15, 0.2) is 0 Å². The molecule has 2 saturated heterocycles. The number of carbonyl (C=O) groups excluding carboxylic acids is 2. The molecule has 8 nitrogen and oxygen atoms in total. The molecule has 2 fully saturated rings. The molecule has 2 aromatic carbocycles. The van der Waals surface area contributed by atoms with Gasteiger partial charge in [0.2, 0.25) is 15.9 Å². The number of carbonyl (C=O) groups is 2. The highest BCUT2D eigenvalue weighted by Crippen LogP contribution is 2.26. The zero-order valence-electron chi connectivity index (χ0n) is 18.7. The lowest BCUT2D eigenvalue weighted by Gasteiger charge is -2.30. The summed E-state index contributed by atoms with van der Waals surface area (Å²) >= 11 is 5.86. The third-order valence-electron chi connectivity index (χ3n) is 6.22. The number of piperidine rings is 1. The van der Waals surface area contributed by atoms with Crippen molar-refractivity contribution in [2.75, 3.05) is 31.6 Å². The molecular formula is C24H28ClN3O5S. The number of sulfonamides is 1. The Morgan fingerprint density at radius 2 is 1.74 bits per heavy atom. The fourth-order valence-corrected chi connectivity index (χ4v) is 5.84.